The number of carbonyl (C=O) groups excluding carboxylic acids is 1. The first kappa shape index (κ1) is 20.4. The maximum atomic E-state index is 12.5. The molecule has 1 aliphatic heterocycles. The van der Waals surface area contributed by atoms with E-state index in [1.54, 1.807) is 0 Å². The van der Waals surface area contributed by atoms with E-state index in [1.165, 1.54) is 5.56 Å². The second-order valence-electron chi connectivity index (χ2n) is 8.30. The molecule has 1 aromatic rings. The Hall–Kier alpha value is -0.910. The number of amides is 1. The lowest BCUT2D eigenvalue weighted by Crippen LogP contribution is -2.44. The predicted octanol–water partition coefficient (Wildman–Crippen LogP) is 3.37. The fourth-order valence-corrected chi connectivity index (χ4v) is 4.08. The van der Waals surface area contributed by atoms with E-state index in [2.05, 4.69) is 83.3 Å². The Morgan fingerprint density at radius 3 is 2.60 bits per heavy atom. The average Bonchev–Trinajstić information content (AvgIpc) is 2.52. The van der Waals surface area contributed by atoms with E-state index in [1.807, 2.05) is 0 Å². The van der Waals surface area contributed by atoms with E-state index in [9.17, 15) is 4.79 Å². The van der Waals surface area contributed by atoms with Gasteiger partial charge in [0.25, 0.3) is 0 Å². The number of likely N-dealkylation sites (tertiary alicyclic amines) is 1. The maximum Gasteiger partial charge on any atom is 0.223 e. The van der Waals surface area contributed by atoms with Gasteiger partial charge in [0.05, 0.1) is 0 Å². The fraction of sp³-hybridized carbons (Fsp3) is 0.650. The van der Waals surface area contributed by atoms with Gasteiger partial charge in [-0.15, -0.1) is 0 Å². The molecule has 1 heterocycles. The summed E-state index contributed by atoms with van der Waals surface area (Å²) in [5, 5.41) is 3.18. The van der Waals surface area contributed by atoms with Gasteiger partial charge >= 0.3 is 0 Å². The Morgan fingerprint density at radius 1 is 1.32 bits per heavy atom. The number of rotatable bonds is 7. The highest BCUT2D eigenvalue weighted by atomic mass is 79.9. The van der Waals surface area contributed by atoms with Crippen molar-refractivity contribution in [2.45, 2.75) is 33.2 Å². The zero-order valence-corrected chi connectivity index (χ0v) is 17.6. The molecule has 0 aromatic heterocycles. The van der Waals surface area contributed by atoms with Crippen LogP contribution in [0.5, 0.6) is 0 Å². The Bertz CT molecular complexity index is 566. The van der Waals surface area contributed by atoms with Crippen molar-refractivity contribution >= 4 is 21.8 Å². The highest BCUT2D eigenvalue weighted by Gasteiger charge is 2.27. The highest BCUT2D eigenvalue weighted by Crippen LogP contribution is 2.21. The van der Waals surface area contributed by atoms with E-state index in [-0.39, 0.29) is 17.2 Å². The van der Waals surface area contributed by atoms with E-state index in [0.29, 0.717) is 0 Å². The molecule has 25 heavy (non-hydrogen) atoms. The van der Waals surface area contributed by atoms with Gasteiger partial charge in [0.2, 0.25) is 5.91 Å². The lowest BCUT2D eigenvalue weighted by atomic mass is 9.91. The molecule has 0 saturated carbocycles. The van der Waals surface area contributed by atoms with Crippen molar-refractivity contribution in [1.82, 2.24) is 15.1 Å². The monoisotopic (exact) mass is 409 g/mol. The van der Waals surface area contributed by atoms with E-state index in [4.69, 9.17) is 0 Å². The molecule has 1 aromatic carbocycles. The van der Waals surface area contributed by atoms with Crippen LogP contribution in [0.15, 0.2) is 28.7 Å². The maximum absolute atomic E-state index is 12.5. The summed E-state index contributed by atoms with van der Waals surface area (Å²) < 4.78 is 1.12. The van der Waals surface area contributed by atoms with Crippen LogP contribution in [0.1, 0.15) is 32.3 Å². The number of hydrogen-bond acceptors (Lipinski definition) is 3. The van der Waals surface area contributed by atoms with Crippen molar-refractivity contribution in [3.8, 4) is 0 Å². The van der Waals surface area contributed by atoms with Crippen LogP contribution in [-0.4, -0.2) is 56.0 Å². The molecule has 1 amide bonds. The molecular weight excluding hydrogens is 378 g/mol. The Labute approximate surface area is 161 Å². The van der Waals surface area contributed by atoms with Crippen molar-refractivity contribution in [3.63, 3.8) is 0 Å². The van der Waals surface area contributed by atoms with Gasteiger partial charge in [0, 0.05) is 30.0 Å². The van der Waals surface area contributed by atoms with Crippen LogP contribution in [0, 0.1) is 11.3 Å². The molecule has 4 nitrogen and oxygen atoms in total. The van der Waals surface area contributed by atoms with Gasteiger partial charge in [0.15, 0.2) is 0 Å². The molecule has 0 atom stereocenters. The average molecular weight is 410 g/mol. The Kier molecular flexibility index (Phi) is 7.47. The van der Waals surface area contributed by atoms with Crippen molar-refractivity contribution in [3.05, 3.63) is 34.3 Å². The summed E-state index contributed by atoms with van der Waals surface area (Å²) in [5.74, 6) is 0.392. The summed E-state index contributed by atoms with van der Waals surface area (Å²) in [5.41, 5.74) is 1.42. The minimum absolute atomic E-state index is 0.0978. The lowest BCUT2D eigenvalue weighted by molar-refractivity contribution is -0.127. The first-order valence-electron chi connectivity index (χ1n) is 9.14. The number of carbonyl (C=O) groups is 1. The molecule has 2 rings (SSSR count). The molecule has 0 radical (unpaired) electrons. The quantitative estimate of drug-likeness (QED) is 0.749. The summed E-state index contributed by atoms with van der Waals surface area (Å²) in [7, 11) is 4.15. The molecule has 1 saturated heterocycles. The van der Waals surface area contributed by atoms with Gasteiger partial charge in [-0.05, 0) is 63.1 Å². The van der Waals surface area contributed by atoms with Crippen molar-refractivity contribution in [2.24, 2.45) is 11.3 Å². The molecule has 1 fully saturated rings. The number of piperidine rings is 1. The SMILES string of the molecule is CN(C)CC(C)(C)CNC(=O)C1CCN(Cc2cccc(Br)c2)CC1. The number of benzene rings is 1. The van der Waals surface area contributed by atoms with E-state index < -0.39 is 0 Å². The molecule has 0 bridgehead atoms. The van der Waals surface area contributed by atoms with Crippen LogP contribution < -0.4 is 5.32 Å². The minimum atomic E-state index is 0.0978. The second-order valence-corrected chi connectivity index (χ2v) is 9.22. The zero-order valence-electron chi connectivity index (χ0n) is 16.0. The molecule has 0 spiro atoms. The van der Waals surface area contributed by atoms with Crippen LogP contribution in [0.3, 0.4) is 0 Å². The van der Waals surface area contributed by atoms with Gasteiger partial charge < -0.3 is 10.2 Å². The molecule has 0 unspecified atom stereocenters. The molecule has 1 N–H and O–H groups in total. The number of nitrogens with one attached hydrogen (secondary N) is 1. The number of halogens is 1. The Morgan fingerprint density at radius 2 is 2.00 bits per heavy atom. The second kappa shape index (κ2) is 9.15. The molecule has 1 aliphatic rings. The summed E-state index contributed by atoms with van der Waals surface area (Å²) >= 11 is 3.53. The van der Waals surface area contributed by atoms with Crippen LogP contribution >= 0.6 is 15.9 Å². The van der Waals surface area contributed by atoms with Gasteiger partial charge in [-0.3, -0.25) is 9.69 Å². The van der Waals surface area contributed by atoms with Gasteiger partial charge in [-0.2, -0.15) is 0 Å². The smallest absolute Gasteiger partial charge is 0.223 e. The zero-order chi connectivity index (χ0) is 18.4. The lowest BCUT2D eigenvalue weighted by Gasteiger charge is -2.33. The van der Waals surface area contributed by atoms with Crippen LogP contribution in [0.4, 0.5) is 0 Å². The normalized spacial score (nSPS) is 17.0. The summed E-state index contributed by atoms with van der Waals surface area (Å²) in [4.78, 5) is 17.1. The number of hydrogen-bond donors (Lipinski definition) is 1. The standard InChI is InChI=1S/C20H32BrN3O/c1-20(2,15-23(3)4)14-22-19(25)17-8-10-24(11-9-17)13-16-6-5-7-18(21)12-16/h5-7,12,17H,8-11,13-15H2,1-4H3,(H,22,25). The summed E-state index contributed by atoms with van der Waals surface area (Å²) in [6.07, 6.45) is 1.90. The van der Waals surface area contributed by atoms with Crippen molar-refractivity contribution < 1.29 is 4.79 Å². The summed E-state index contributed by atoms with van der Waals surface area (Å²) in [6.45, 7) is 9.06. The first-order valence-corrected chi connectivity index (χ1v) is 9.94. The van der Waals surface area contributed by atoms with Gasteiger partial charge in [-0.25, -0.2) is 0 Å². The van der Waals surface area contributed by atoms with Crippen LogP contribution in [-0.2, 0) is 11.3 Å². The topological polar surface area (TPSA) is 35.6 Å². The van der Waals surface area contributed by atoms with E-state index in [0.717, 1.165) is 50.0 Å². The summed E-state index contributed by atoms with van der Waals surface area (Å²) in [6, 6.07) is 8.47. The first-order chi connectivity index (χ1) is 11.7. The third-order valence-corrected chi connectivity index (χ3v) is 5.23. The predicted molar refractivity (Wildman–Crippen MR) is 107 cm³/mol. The fourth-order valence-electron chi connectivity index (χ4n) is 3.63. The molecular formula is C20H32BrN3O. The highest BCUT2D eigenvalue weighted by molar-refractivity contribution is 9.10. The largest absolute Gasteiger partial charge is 0.355 e. The van der Waals surface area contributed by atoms with Gasteiger partial charge in [0.1, 0.15) is 0 Å². The molecule has 0 aliphatic carbocycles. The third kappa shape index (κ3) is 7.08. The molecule has 5 heteroatoms. The van der Waals surface area contributed by atoms with Gasteiger partial charge in [-0.1, -0.05) is 41.9 Å². The minimum Gasteiger partial charge on any atom is -0.355 e. The Balaban J connectivity index is 1.74. The van der Waals surface area contributed by atoms with Crippen LogP contribution in [0.2, 0.25) is 0 Å². The van der Waals surface area contributed by atoms with E-state index >= 15 is 0 Å². The third-order valence-electron chi connectivity index (χ3n) is 4.74. The number of nitrogens with zero attached hydrogens (tertiary/aromatic N) is 2. The van der Waals surface area contributed by atoms with Crippen molar-refractivity contribution in [2.75, 3.05) is 40.3 Å². The van der Waals surface area contributed by atoms with Crippen molar-refractivity contribution in [1.29, 1.82) is 0 Å². The molecule has 140 valence electrons. The van der Waals surface area contributed by atoms with Crippen LogP contribution in [0.25, 0.3) is 0 Å².